The number of rotatable bonds is 31. The lowest BCUT2D eigenvalue weighted by Crippen LogP contribution is -2.62. The van der Waals surface area contributed by atoms with Crippen molar-refractivity contribution in [2.45, 2.75) is 182 Å². The van der Waals surface area contributed by atoms with Gasteiger partial charge in [0.05, 0.1) is 31.5 Å². The van der Waals surface area contributed by atoms with Gasteiger partial charge in [-0.1, -0.05) is 85.7 Å². The number of aliphatic hydroxyl groups is 4. The van der Waals surface area contributed by atoms with Crippen LogP contribution < -0.4 is 54.0 Å². The third-order valence-corrected chi connectivity index (χ3v) is 11.3. The number of hydrogen-bond donors (Lipinski definition) is 14. The molecular weight excluding hydrogens is 995 g/mol. The zero-order chi connectivity index (χ0) is 57.3. The number of guanidine groups is 1. The molecule has 0 bridgehead atoms. The first-order chi connectivity index (χ1) is 34.9. The van der Waals surface area contributed by atoms with Crippen LogP contribution >= 0.6 is 0 Å². The number of aliphatic hydroxyl groups excluding tert-OH is 4. The molecule has 1 aromatic carbocycles. The molecule has 8 amide bonds. The largest absolute Gasteiger partial charge is 0.459 e. The standard InChI is InChI=1S/C49H83N11O15.CH4/c1-12-27(6)35(43(69)59-36(28(7)62)42(68)53-22-34(64)57-37(29(8)63)44(70)56-33(23-61)46(72)74-24-30-17-14-13-15-18-30)58-40(66)31(19-16-20-52-47(50)51)54-41(67)32(21-25(2)3)55-45(71)38(39(65)26(4)5)60-48(73)75-49(9,10)11;/h13-15,17-18,25-29,31-33,35-39,61-63,65H,12,16,19-24H2,1-11H3,(H,53,68)(H,54,67)(H,55,71)(H,56,70)(H,57,64)(H,58,66)(H,59,69)(H,60,73)(H4,50,51,52);1H4/t27-,28-,29-,31+,32-,33-,35-,36-,37-,38-,39+;/m0./s1. The molecule has 0 aliphatic heterocycles. The summed E-state index contributed by atoms with van der Waals surface area (Å²) in [4.78, 5) is 125. The first-order valence-electron chi connectivity index (χ1n) is 24.9. The Balaban J connectivity index is 0.0000562. The molecule has 0 aliphatic carbocycles. The number of nitrogens with zero attached hydrogens (tertiary/aromatic N) is 1. The summed E-state index contributed by atoms with van der Waals surface area (Å²) < 4.78 is 10.5. The Kier molecular flexibility index (Phi) is 31.1. The highest BCUT2D eigenvalue weighted by Gasteiger charge is 2.38. The van der Waals surface area contributed by atoms with E-state index >= 15 is 0 Å². The van der Waals surface area contributed by atoms with E-state index in [-0.39, 0.29) is 51.7 Å². The van der Waals surface area contributed by atoms with Gasteiger partial charge in [-0.2, -0.15) is 0 Å². The molecule has 432 valence electrons. The van der Waals surface area contributed by atoms with E-state index in [1.165, 1.54) is 6.92 Å². The highest BCUT2D eigenvalue weighted by molar-refractivity contribution is 5.97. The van der Waals surface area contributed by atoms with Gasteiger partial charge in [-0.15, -0.1) is 0 Å². The van der Waals surface area contributed by atoms with Crippen LogP contribution in [0.5, 0.6) is 0 Å². The van der Waals surface area contributed by atoms with Crippen molar-refractivity contribution >= 4 is 59.4 Å². The number of amides is 8. The maximum absolute atomic E-state index is 14.2. The van der Waals surface area contributed by atoms with Gasteiger partial charge in [0.2, 0.25) is 41.4 Å². The molecule has 0 saturated carbocycles. The molecule has 26 nitrogen and oxygen atoms in total. The Morgan fingerprint density at radius 1 is 0.658 bits per heavy atom. The number of esters is 1. The number of nitrogens with one attached hydrogen (secondary N) is 8. The Bertz CT molecular complexity index is 2060. The molecule has 16 N–H and O–H groups in total. The average Bonchev–Trinajstić information content (AvgIpc) is 3.32. The third kappa shape index (κ3) is 25.7. The Morgan fingerprint density at radius 2 is 1.17 bits per heavy atom. The van der Waals surface area contributed by atoms with E-state index in [0.717, 1.165) is 6.92 Å². The summed E-state index contributed by atoms with van der Waals surface area (Å²) in [5.74, 6) is -9.35. The maximum Gasteiger partial charge on any atom is 0.408 e. The molecule has 0 heterocycles. The minimum absolute atomic E-state index is 0. The van der Waals surface area contributed by atoms with Crippen molar-refractivity contribution in [3.8, 4) is 0 Å². The molecule has 26 heteroatoms. The number of aliphatic imine (C=N–C) groups is 1. The number of hydrogen-bond acceptors (Lipinski definition) is 16. The fourth-order valence-electron chi connectivity index (χ4n) is 6.92. The van der Waals surface area contributed by atoms with Crippen LogP contribution in [0, 0.1) is 17.8 Å². The molecular formula is C50H87N11O15. The maximum atomic E-state index is 14.2. The topological polar surface area (TPSA) is 414 Å². The summed E-state index contributed by atoms with van der Waals surface area (Å²) in [5, 5.41) is 61.1. The van der Waals surface area contributed by atoms with Crippen molar-refractivity contribution in [1.82, 2.24) is 42.5 Å². The van der Waals surface area contributed by atoms with Crippen molar-refractivity contribution < 1.29 is 73.1 Å². The predicted octanol–water partition coefficient (Wildman–Crippen LogP) is -1.80. The van der Waals surface area contributed by atoms with Gasteiger partial charge in [-0.05, 0) is 77.2 Å². The quantitative estimate of drug-likeness (QED) is 0.0169. The van der Waals surface area contributed by atoms with Crippen molar-refractivity contribution in [3.63, 3.8) is 0 Å². The van der Waals surface area contributed by atoms with Crippen LogP contribution in [0.1, 0.15) is 115 Å². The lowest BCUT2D eigenvalue weighted by Gasteiger charge is -2.31. The molecule has 0 unspecified atom stereocenters. The van der Waals surface area contributed by atoms with E-state index in [4.69, 9.17) is 20.9 Å². The molecule has 1 rings (SSSR count). The fraction of sp³-hybridized carbons (Fsp3) is 0.680. The Hall–Kier alpha value is -6.64. The van der Waals surface area contributed by atoms with Gasteiger partial charge in [0, 0.05) is 6.54 Å². The van der Waals surface area contributed by atoms with Crippen LogP contribution in [0.3, 0.4) is 0 Å². The SMILES string of the molecule is C.CC[C@H](C)[C@H](NC(=O)[C@@H](CCCN=C(N)N)NC(=O)[C@H](CC(C)C)NC(=O)[C@@H](NC(=O)OC(C)(C)C)[C@H](O)C(C)C)C(=O)N[C@H](C(=O)NCC(=O)N[C@H](C(=O)N[C@@H](CO)C(=O)OCc1ccccc1)[C@H](C)O)[C@H](C)O. The number of ether oxygens (including phenoxy) is 2. The van der Waals surface area contributed by atoms with Crippen LogP contribution in [0.15, 0.2) is 35.3 Å². The van der Waals surface area contributed by atoms with Gasteiger partial charge >= 0.3 is 12.1 Å². The van der Waals surface area contributed by atoms with E-state index in [0.29, 0.717) is 12.0 Å². The van der Waals surface area contributed by atoms with E-state index in [2.05, 4.69) is 47.5 Å². The molecule has 0 saturated heterocycles. The lowest BCUT2D eigenvalue weighted by atomic mass is 9.96. The van der Waals surface area contributed by atoms with Crippen molar-refractivity contribution in [3.05, 3.63) is 35.9 Å². The molecule has 76 heavy (non-hydrogen) atoms. The van der Waals surface area contributed by atoms with Crippen LogP contribution in [-0.2, 0) is 54.4 Å². The number of alkyl carbamates (subject to hydrolysis) is 1. The summed E-state index contributed by atoms with van der Waals surface area (Å²) in [6.45, 7) is 15.4. The summed E-state index contributed by atoms with van der Waals surface area (Å²) >= 11 is 0. The monoisotopic (exact) mass is 1080 g/mol. The van der Waals surface area contributed by atoms with Crippen LogP contribution in [0.4, 0.5) is 4.79 Å². The second-order valence-electron chi connectivity index (χ2n) is 20.0. The molecule has 1 aromatic rings. The lowest BCUT2D eigenvalue weighted by molar-refractivity contribution is -0.151. The summed E-state index contributed by atoms with van der Waals surface area (Å²) in [6.07, 6.45) is -5.17. The average molecular weight is 1080 g/mol. The van der Waals surface area contributed by atoms with Gasteiger partial charge in [0.15, 0.2) is 12.0 Å². The van der Waals surface area contributed by atoms with Gasteiger partial charge in [-0.3, -0.25) is 38.6 Å². The minimum Gasteiger partial charge on any atom is -0.459 e. The number of carbonyl (C=O) groups is 9. The number of nitrogens with two attached hydrogens (primary N) is 2. The predicted molar refractivity (Wildman–Crippen MR) is 281 cm³/mol. The summed E-state index contributed by atoms with van der Waals surface area (Å²) in [7, 11) is 0. The van der Waals surface area contributed by atoms with Crippen LogP contribution in [0.2, 0.25) is 0 Å². The zero-order valence-electron chi connectivity index (χ0n) is 44.9. The van der Waals surface area contributed by atoms with Gasteiger partial charge in [0.1, 0.15) is 48.5 Å². The van der Waals surface area contributed by atoms with Gasteiger partial charge in [-0.25, -0.2) is 9.59 Å². The molecule has 0 fully saturated rings. The van der Waals surface area contributed by atoms with Crippen molar-refractivity contribution in [2.75, 3.05) is 19.7 Å². The first kappa shape index (κ1) is 69.4. The Labute approximate surface area is 445 Å². The first-order valence-corrected chi connectivity index (χ1v) is 24.9. The minimum atomic E-state index is -1.73. The van der Waals surface area contributed by atoms with Gasteiger partial charge in [0.25, 0.3) is 0 Å². The normalized spacial score (nSPS) is 15.6. The van der Waals surface area contributed by atoms with E-state index in [9.17, 15) is 63.6 Å². The molecule has 0 spiro atoms. The molecule has 0 aromatic heterocycles. The van der Waals surface area contributed by atoms with Gasteiger partial charge < -0.3 is 83.9 Å². The fourth-order valence-corrected chi connectivity index (χ4v) is 6.92. The second-order valence-corrected chi connectivity index (χ2v) is 20.0. The van der Waals surface area contributed by atoms with Crippen LogP contribution in [0.25, 0.3) is 0 Å². The third-order valence-electron chi connectivity index (χ3n) is 11.3. The van der Waals surface area contributed by atoms with E-state index in [1.54, 1.807) is 92.6 Å². The highest BCUT2D eigenvalue weighted by atomic mass is 16.6. The highest BCUT2D eigenvalue weighted by Crippen LogP contribution is 2.15. The summed E-state index contributed by atoms with van der Waals surface area (Å²) in [6, 6.07) is -2.08. The number of carbonyl (C=O) groups excluding carboxylic acids is 9. The summed E-state index contributed by atoms with van der Waals surface area (Å²) in [5.41, 5.74) is 10.7. The molecule has 11 atom stereocenters. The number of benzene rings is 1. The second kappa shape index (κ2) is 34.1. The van der Waals surface area contributed by atoms with E-state index in [1.807, 2.05) is 0 Å². The van der Waals surface area contributed by atoms with Crippen molar-refractivity contribution in [1.29, 1.82) is 0 Å². The molecule has 0 aliphatic rings. The van der Waals surface area contributed by atoms with Crippen molar-refractivity contribution in [2.24, 2.45) is 34.2 Å². The Morgan fingerprint density at radius 3 is 1.68 bits per heavy atom. The zero-order valence-corrected chi connectivity index (χ0v) is 44.9. The van der Waals surface area contributed by atoms with E-state index < -0.39 is 145 Å². The molecule has 0 radical (unpaired) electrons. The van der Waals surface area contributed by atoms with Crippen LogP contribution in [-0.4, -0.2) is 166 Å². The smallest absolute Gasteiger partial charge is 0.408 e.